The molecule has 0 atom stereocenters. The van der Waals surface area contributed by atoms with Crippen LogP contribution in [0.25, 0.3) is 0 Å². The van der Waals surface area contributed by atoms with E-state index < -0.39 is 0 Å². The van der Waals surface area contributed by atoms with Crippen molar-refractivity contribution in [1.82, 2.24) is 20.6 Å². The summed E-state index contributed by atoms with van der Waals surface area (Å²) in [7, 11) is 0. The zero-order valence-electron chi connectivity index (χ0n) is 12.3. The van der Waals surface area contributed by atoms with Gasteiger partial charge in [0.1, 0.15) is 17.3 Å². The number of anilines is 1. The summed E-state index contributed by atoms with van der Waals surface area (Å²) in [6.45, 7) is 6.16. The van der Waals surface area contributed by atoms with Crippen LogP contribution in [0.1, 0.15) is 41.6 Å². The molecule has 0 unspecified atom stereocenters. The van der Waals surface area contributed by atoms with Gasteiger partial charge >= 0.3 is 0 Å². The van der Waals surface area contributed by atoms with E-state index in [0.717, 1.165) is 11.4 Å². The Hall–Kier alpha value is -2.18. The second kappa shape index (κ2) is 5.31. The fraction of sp³-hybridized carbons (Fsp3) is 0.571. The third-order valence-corrected chi connectivity index (χ3v) is 3.73. The van der Waals surface area contributed by atoms with Crippen molar-refractivity contribution in [3.63, 3.8) is 0 Å². The molecule has 112 valence electrons. The number of rotatable bonds is 2. The summed E-state index contributed by atoms with van der Waals surface area (Å²) in [5.74, 6) is 1.35. The van der Waals surface area contributed by atoms with Crippen molar-refractivity contribution in [2.24, 2.45) is 0 Å². The van der Waals surface area contributed by atoms with E-state index in [1.807, 2.05) is 18.7 Å². The minimum atomic E-state index is -0.150. The van der Waals surface area contributed by atoms with Crippen molar-refractivity contribution in [1.29, 1.82) is 0 Å². The molecule has 0 spiro atoms. The number of carbonyl (C=O) groups excluding carboxylic acids is 2. The standard InChI is InChI=1S/C14H19N5O2/c1-8(2)12-17-11-9(3-4-16-14(11)21)13(18-12)19-6-5-15-10(20)7-19/h8H,3-7H2,1-2H3,(H,15,20)(H,16,21). The second-order valence-corrected chi connectivity index (χ2v) is 5.66. The van der Waals surface area contributed by atoms with Crippen LogP contribution in [-0.2, 0) is 11.2 Å². The lowest BCUT2D eigenvalue weighted by Gasteiger charge is -2.31. The van der Waals surface area contributed by atoms with Crippen molar-refractivity contribution in [2.75, 3.05) is 31.1 Å². The Bertz CT molecular complexity index is 599. The molecule has 0 saturated carbocycles. The van der Waals surface area contributed by atoms with Gasteiger partial charge in [-0.2, -0.15) is 0 Å². The van der Waals surface area contributed by atoms with Crippen molar-refractivity contribution in [2.45, 2.75) is 26.2 Å². The van der Waals surface area contributed by atoms with Crippen LogP contribution in [-0.4, -0.2) is 48.0 Å². The number of nitrogens with zero attached hydrogens (tertiary/aromatic N) is 3. The molecule has 7 heteroatoms. The van der Waals surface area contributed by atoms with E-state index in [-0.39, 0.29) is 24.3 Å². The first kappa shape index (κ1) is 13.8. The maximum atomic E-state index is 12.1. The number of nitrogens with one attached hydrogen (secondary N) is 2. The van der Waals surface area contributed by atoms with E-state index in [4.69, 9.17) is 0 Å². The van der Waals surface area contributed by atoms with Crippen LogP contribution in [0.15, 0.2) is 0 Å². The molecule has 1 saturated heterocycles. The fourth-order valence-electron chi connectivity index (χ4n) is 2.63. The molecule has 0 aliphatic carbocycles. The summed E-state index contributed by atoms with van der Waals surface area (Å²) in [4.78, 5) is 34.7. The number of piperazine rings is 1. The Kier molecular flexibility index (Phi) is 3.48. The van der Waals surface area contributed by atoms with Crippen molar-refractivity contribution in [3.05, 3.63) is 17.1 Å². The lowest BCUT2D eigenvalue weighted by molar-refractivity contribution is -0.120. The number of hydrogen-bond donors (Lipinski definition) is 2. The van der Waals surface area contributed by atoms with Gasteiger partial charge in [-0.15, -0.1) is 0 Å². The number of fused-ring (bicyclic) bond motifs is 1. The van der Waals surface area contributed by atoms with Gasteiger partial charge in [0.15, 0.2) is 0 Å². The van der Waals surface area contributed by atoms with Gasteiger partial charge in [0.25, 0.3) is 5.91 Å². The Balaban J connectivity index is 2.09. The van der Waals surface area contributed by atoms with Gasteiger partial charge in [0.2, 0.25) is 5.91 Å². The molecule has 2 aliphatic rings. The SMILES string of the molecule is CC(C)c1nc2c(c(N3CCNC(=O)C3)n1)CCNC2=O. The van der Waals surface area contributed by atoms with Crippen molar-refractivity contribution in [3.8, 4) is 0 Å². The van der Waals surface area contributed by atoms with Gasteiger partial charge in [-0.1, -0.05) is 13.8 Å². The first-order valence-corrected chi connectivity index (χ1v) is 7.27. The van der Waals surface area contributed by atoms with Crippen LogP contribution in [0.4, 0.5) is 5.82 Å². The van der Waals surface area contributed by atoms with Crippen molar-refractivity contribution < 1.29 is 9.59 Å². The van der Waals surface area contributed by atoms with E-state index in [2.05, 4.69) is 20.6 Å². The molecule has 1 fully saturated rings. The van der Waals surface area contributed by atoms with Gasteiger partial charge < -0.3 is 15.5 Å². The van der Waals surface area contributed by atoms with E-state index in [9.17, 15) is 9.59 Å². The molecule has 0 aromatic carbocycles. The van der Waals surface area contributed by atoms with E-state index in [1.54, 1.807) is 0 Å². The Labute approximate surface area is 123 Å². The normalized spacial score (nSPS) is 18.3. The summed E-state index contributed by atoms with van der Waals surface area (Å²) >= 11 is 0. The Morgan fingerprint density at radius 1 is 1.14 bits per heavy atom. The highest BCUT2D eigenvalue weighted by Crippen LogP contribution is 2.26. The van der Waals surface area contributed by atoms with Crippen LogP contribution in [0.5, 0.6) is 0 Å². The van der Waals surface area contributed by atoms with E-state index in [1.165, 1.54) is 0 Å². The molecule has 0 bridgehead atoms. The largest absolute Gasteiger partial charge is 0.353 e. The van der Waals surface area contributed by atoms with Gasteiger partial charge in [-0.25, -0.2) is 9.97 Å². The molecular weight excluding hydrogens is 270 g/mol. The summed E-state index contributed by atoms with van der Waals surface area (Å²) in [5.41, 5.74) is 1.32. The zero-order valence-corrected chi connectivity index (χ0v) is 12.3. The molecule has 1 aromatic rings. The Morgan fingerprint density at radius 2 is 1.95 bits per heavy atom. The lowest BCUT2D eigenvalue weighted by Crippen LogP contribution is -2.49. The molecule has 2 N–H and O–H groups in total. The quantitative estimate of drug-likeness (QED) is 0.789. The predicted molar refractivity (Wildman–Crippen MR) is 77.4 cm³/mol. The van der Waals surface area contributed by atoms with E-state index in [0.29, 0.717) is 37.6 Å². The number of hydrogen-bond acceptors (Lipinski definition) is 5. The molecule has 3 rings (SSSR count). The van der Waals surface area contributed by atoms with Crippen LogP contribution in [0.2, 0.25) is 0 Å². The van der Waals surface area contributed by atoms with Gasteiger partial charge in [0, 0.05) is 31.1 Å². The third-order valence-electron chi connectivity index (χ3n) is 3.73. The van der Waals surface area contributed by atoms with Gasteiger partial charge in [-0.05, 0) is 6.42 Å². The molecule has 21 heavy (non-hydrogen) atoms. The maximum absolute atomic E-state index is 12.1. The molecule has 0 radical (unpaired) electrons. The van der Waals surface area contributed by atoms with Gasteiger partial charge in [0.05, 0.1) is 6.54 Å². The third kappa shape index (κ3) is 2.55. The average Bonchev–Trinajstić information content (AvgIpc) is 2.46. The summed E-state index contributed by atoms with van der Waals surface area (Å²) in [5, 5.41) is 5.62. The number of amides is 2. The minimum Gasteiger partial charge on any atom is -0.353 e. The zero-order chi connectivity index (χ0) is 15.0. The highest BCUT2D eigenvalue weighted by Gasteiger charge is 2.28. The predicted octanol–water partition coefficient (Wildman–Crippen LogP) is -0.178. The fourth-order valence-corrected chi connectivity index (χ4v) is 2.63. The lowest BCUT2D eigenvalue weighted by atomic mass is 10.0. The van der Waals surface area contributed by atoms with Crippen LogP contribution < -0.4 is 15.5 Å². The van der Waals surface area contributed by atoms with Gasteiger partial charge in [-0.3, -0.25) is 9.59 Å². The summed E-state index contributed by atoms with van der Waals surface area (Å²) in [6, 6.07) is 0. The summed E-state index contributed by atoms with van der Waals surface area (Å²) < 4.78 is 0. The van der Waals surface area contributed by atoms with Crippen molar-refractivity contribution >= 4 is 17.6 Å². The molecule has 7 nitrogen and oxygen atoms in total. The molecule has 3 heterocycles. The molecular formula is C14H19N5O2. The topological polar surface area (TPSA) is 87.2 Å². The van der Waals surface area contributed by atoms with Crippen LogP contribution in [0.3, 0.4) is 0 Å². The van der Waals surface area contributed by atoms with Crippen LogP contribution in [0, 0.1) is 0 Å². The number of carbonyl (C=O) groups is 2. The molecule has 2 aliphatic heterocycles. The Morgan fingerprint density at radius 3 is 2.67 bits per heavy atom. The first-order valence-electron chi connectivity index (χ1n) is 7.27. The maximum Gasteiger partial charge on any atom is 0.270 e. The minimum absolute atomic E-state index is 0.0139. The van der Waals surface area contributed by atoms with Crippen LogP contribution >= 0.6 is 0 Å². The average molecular weight is 289 g/mol. The van der Waals surface area contributed by atoms with E-state index >= 15 is 0 Å². The number of aromatic nitrogens is 2. The first-order chi connectivity index (χ1) is 10.1. The highest BCUT2D eigenvalue weighted by atomic mass is 16.2. The smallest absolute Gasteiger partial charge is 0.270 e. The molecule has 2 amide bonds. The highest BCUT2D eigenvalue weighted by molar-refractivity contribution is 5.96. The monoisotopic (exact) mass is 289 g/mol. The summed E-state index contributed by atoms with van der Waals surface area (Å²) in [6.07, 6.45) is 0.701. The second-order valence-electron chi connectivity index (χ2n) is 5.66. The molecule has 1 aromatic heterocycles.